The Hall–Kier alpha value is -0.900. The zero-order valence-electron chi connectivity index (χ0n) is 5.27. The highest BCUT2D eigenvalue weighted by Gasteiger charge is 1.73. The van der Waals surface area contributed by atoms with Gasteiger partial charge in [0.25, 0.3) is 0 Å². The molecular weight excluding hydrogens is 100 g/mol. The van der Waals surface area contributed by atoms with Crippen LogP contribution in [0.15, 0.2) is 11.8 Å². The van der Waals surface area contributed by atoms with E-state index in [1.165, 1.54) is 0 Å². The molecule has 0 saturated heterocycles. The summed E-state index contributed by atoms with van der Waals surface area (Å²) in [7, 11) is 0. The molecule has 0 rings (SSSR count). The Labute approximate surface area is 50.4 Å². The summed E-state index contributed by atoms with van der Waals surface area (Å²) in [5.74, 6) is 2.36. The molecule has 0 aromatic carbocycles. The van der Waals surface area contributed by atoms with Crippen molar-refractivity contribution < 1.29 is 4.74 Å². The first-order valence-corrected chi connectivity index (χ1v) is 2.46. The van der Waals surface area contributed by atoms with Crippen LogP contribution >= 0.6 is 0 Å². The van der Waals surface area contributed by atoms with Gasteiger partial charge in [-0.25, -0.2) is 0 Å². The average Bonchev–Trinajstić information content (AvgIpc) is 1.66. The molecule has 1 heteroatoms. The summed E-state index contributed by atoms with van der Waals surface area (Å²) >= 11 is 0. The number of rotatable bonds is 2. The first-order chi connectivity index (χ1) is 3.77. The van der Waals surface area contributed by atoms with E-state index in [0.717, 1.165) is 5.57 Å². The predicted octanol–water partition coefficient (Wildman–Crippen LogP) is 1.56. The largest absolute Gasteiger partial charge is 0.489 e. The molecule has 0 aromatic rings. The third kappa shape index (κ3) is 5.10. The summed E-state index contributed by atoms with van der Waals surface area (Å²) in [6, 6.07) is 0. The molecule has 0 fully saturated rings. The molecule has 0 aliphatic heterocycles. The van der Waals surface area contributed by atoms with E-state index in [4.69, 9.17) is 11.2 Å². The summed E-state index contributed by atoms with van der Waals surface area (Å²) in [6.45, 7) is 4.28. The molecule has 44 valence electrons. The summed E-state index contributed by atoms with van der Waals surface area (Å²) in [5, 5.41) is 0. The SMILES string of the molecule is C#CCOC=C(C)C. The van der Waals surface area contributed by atoms with Gasteiger partial charge < -0.3 is 4.74 Å². The van der Waals surface area contributed by atoms with Gasteiger partial charge in [-0.3, -0.25) is 0 Å². The van der Waals surface area contributed by atoms with E-state index >= 15 is 0 Å². The maximum atomic E-state index is 4.91. The molecule has 8 heavy (non-hydrogen) atoms. The first kappa shape index (κ1) is 7.10. The zero-order valence-corrected chi connectivity index (χ0v) is 5.27. The summed E-state index contributed by atoms with van der Waals surface area (Å²) in [5.41, 5.74) is 1.13. The van der Waals surface area contributed by atoms with Crippen molar-refractivity contribution in [2.24, 2.45) is 0 Å². The molecule has 0 aromatic heterocycles. The van der Waals surface area contributed by atoms with E-state index in [9.17, 15) is 0 Å². The smallest absolute Gasteiger partial charge is 0.147 e. The van der Waals surface area contributed by atoms with E-state index < -0.39 is 0 Å². The minimum atomic E-state index is 0.366. The fourth-order valence-corrected chi connectivity index (χ4v) is 0.256. The molecular formula is C7H10O. The van der Waals surface area contributed by atoms with Gasteiger partial charge in [0.2, 0.25) is 0 Å². The van der Waals surface area contributed by atoms with Gasteiger partial charge in [0.15, 0.2) is 0 Å². The van der Waals surface area contributed by atoms with Crippen molar-refractivity contribution in [3.05, 3.63) is 11.8 Å². The van der Waals surface area contributed by atoms with Gasteiger partial charge in [0.05, 0.1) is 6.26 Å². The van der Waals surface area contributed by atoms with Crippen molar-refractivity contribution >= 4 is 0 Å². The topological polar surface area (TPSA) is 9.23 Å². The fourth-order valence-electron chi connectivity index (χ4n) is 0.256. The number of terminal acetylenes is 1. The van der Waals surface area contributed by atoms with Gasteiger partial charge in [0.1, 0.15) is 6.61 Å². The standard InChI is InChI=1S/C7H10O/c1-4-5-8-6-7(2)3/h1,6H,5H2,2-3H3. The Balaban J connectivity index is 3.20. The average molecular weight is 110 g/mol. The molecule has 0 N–H and O–H groups in total. The van der Waals surface area contributed by atoms with Crippen molar-refractivity contribution in [3.63, 3.8) is 0 Å². The molecule has 0 radical (unpaired) electrons. The first-order valence-electron chi connectivity index (χ1n) is 2.46. The van der Waals surface area contributed by atoms with Crippen LogP contribution in [-0.4, -0.2) is 6.61 Å². The maximum absolute atomic E-state index is 4.91. The van der Waals surface area contributed by atoms with Crippen LogP contribution in [0.2, 0.25) is 0 Å². The quantitative estimate of drug-likeness (QED) is 0.298. The monoisotopic (exact) mass is 110 g/mol. The Bertz CT molecular complexity index is 113. The fraction of sp³-hybridized carbons (Fsp3) is 0.429. The van der Waals surface area contributed by atoms with Crippen LogP contribution < -0.4 is 0 Å². The Kier molecular flexibility index (Phi) is 3.78. The Morgan fingerprint density at radius 2 is 2.38 bits per heavy atom. The summed E-state index contributed by atoms with van der Waals surface area (Å²) < 4.78 is 4.85. The van der Waals surface area contributed by atoms with Crippen LogP contribution in [0, 0.1) is 12.3 Å². The summed E-state index contributed by atoms with van der Waals surface area (Å²) in [6.07, 6.45) is 6.56. The molecule has 0 aliphatic rings. The number of allylic oxidation sites excluding steroid dienone is 1. The molecule has 0 unspecified atom stereocenters. The lowest BCUT2D eigenvalue weighted by Crippen LogP contribution is -1.80. The lowest BCUT2D eigenvalue weighted by molar-refractivity contribution is 0.293. The normalized spacial score (nSPS) is 7.12. The second kappa shape index (κ2) is 4.26. The van der Waals surface area contributed by atoms with E-state index in [2.05, 4.69) is 5.92 Å². The van der Waals surface area contributed by atoms with Crippen molar-refractivity contribution in [1.82, 2.24) is 0 Å². The van der Waals surface area contributed by atoms with Crippen LogP contribution in [0.3, 0.4) is 0 Å². The molecule has 1 nitrogen and oxygen atoms in total. The second-order valence-electron chi connectivity index (χ2n) is 1.71. The van der Waals surface area contributed by atoms with E-state index in [0.29, 0.717) is 6.61 Å². The van der Waals surface area contributed by atoms with E-state index in [-0.39, 0.29) is 0 Å². The second-order valence-corrected chi connectivity index (χ2v) is 1.71. The van der Waals surface area contributed by atoms with Gasteiger partial charge in [-0.05, 0) is 19.4 Å². The Morgan fingerprint density at radius 3 is 2.75 bits per heavy atom. The van der Waals surface area contributed by atoms with Crippen molar-refractivity contribution in [2.75, 3.05) is 6.61 Å². The van der Waals surface area contributed by atoms with Crippen molar-refractivity contribution in [2.45, 2.75) is 13.8 Å². The molecule has 0 aliphatic carbocycles. The molecule has 0 saturated carbocycles. The third-order valence-electron chi connectivity index (χ3n) is 0.486. The van der Waals surface area contributed by atoms with Crippen LogP contribution in [0.1, 0.15) is 13.8 Å². The van der Waals surface area contributed by atoms with Crippen LogP contribution in [0.25, 0.3) is 0 Å². The van der Waals surface area contributed by atoms with Crippen molar-refractivity contribution in [3.8, 4) is 12.3 Å². The van der Waals surface area contributed by atoms with Gasteiger partial charge in [-0.15, -0.1) is 6.42 Å². The highest BCUT2D eigenvalue weighted by molar-refractivity contribution is 4.89. The molecule has 0 bridgehead atoms. The third-order valence-corrected chi connectivity index (χ3v) is 0.486. The lowest BCUT2D eigenvalue weighted by Gasteiger charge is -1.91. The van der Waals surface area contributed by atoms with Crippen LogP contribution in [0.5, 0.6) is 0 Å². The van der Waals surface area contributed by atoms with Crippen molar-refractivity contribution in [1.29, 1.82) is 0 Å². The number of hydrogen-bond donors (Lipinski definition) is 0. The highest BCUT2D eigenvalue weighted by Crippen LogP contribution is 1.87. The van der Waals surface area contributed by atoms with Gasteiger partial charge in [0, 0.05) is 0 Å². The Morgan fingerprint density at radius 1 is 1.75 bits per heavy atom. The van der Waals surface area contributed by atoms with Crippen LogP contribution in [-0.2, 0) is 4.74 Å². The highest BCUT2D eigenvalue weighted by atomic mass is 16.5. The molecule has 0 amide bonds. The molecule has 0 heterocycles. The zero-order chi connectivity index (χ0) is 6.41. The molecule has 0 atom stereocenters. The minimum Gasteiger partial charge on any atom is -0.489 e. The maximum Gasteiger partial charge on any atom is 0.147 e. The predicted molar refractivity (Wildman–Crippen MR) is 34.2 cm³/mol. The number of ether oxygens (including phenoxy) is 1. The summed E-state index contributed by atoms with van der Waals surface area (Å²) in [4.78, 5) is 0. The van der Waals surface area contributed by atoms with Gasteiger partial charge in [-0.1, -0.05) is 5.92 Å². The van der Waals surface area contributed by atoms with E-state index in [1.807, 2.05) is 13.8 Å². The minimum absolute atomic E-state index is 0.366. The molecule has 0 spiro atoms. The van der Waals surface area contributed by atoms with E-state index in [1.54, 1.807) is 6.26 Å². The van der Waals surface area contributed by atoms with Gasteiger partial charge >= 0.3 is 0 Å². The number of hydrogen-bond acceptors (Lipinski definition) is 1. The van der Waals surface area contributed by atoms with Crippen LogP contribution in [0.4, 0.5) is 0 Å². The lowest BCUT2D eigenvalue weighted by atomic mass is 10.4. The van der Waals surface area contributed by atoms with Gasteiger partial charge in [-0.2, -0.15) is 0 Å².